The Labute approximate surface area is 118 Å². The molecule has 2 rings (SSSR count). The molecule has 19 heavy (non-hydrogen) atoms. The predicted molar refractivity (Wildman–Crippen MR) is 82.5 cm³/mol. The van der Waals surface area contributed by atoms with Gasteiger partial charge < -0.3 is 4.74 Å². The van der Waals surface area contributed by atoms with Gasteiger partial charge in [-0.2, -0.15) is 0 Å². The van der Waals surface area contributed by atoms with Crippen molar-refractivity contribution in [3.63, 3.8) is 0 Å². The molecule has 0 radical (unpaired) electrons. The molecule has 0 amide bonds. The fourth-order valence-electron chi connectivity index (χ4n) is 1.70. The van der Waals surface area contributed by atoms with Crippen LogP contribution < -0.4 is 4.74 Å². The lowest BCUT2D eigenvalue weighted by Gasteiger charge is -2.02. The van der Waals surface area contributed by atoms with Crippen molar-refractivity contribution in [1.29, 1.82) is 0 Å². The second kappa shape index (κ2) is 6.81. The lowest BCUT2D eigenvalue weighted by Crippen LogP contribution is -1.84. The number of methoxy groups -OCH3 is 1. The first-order valence-corrected chi connectivity index (χ1v) is 6.41. The minimum absolute atomic E-state index is 0.752. The van der Waals surface area contributed by atoms with Crippen LogP contribution >= 0.6 is 11.6 Å². The number of hydrogen-bond acceptors (Lipinski definition) is 1. The van der Waals surface area contributed by atoms with Gasteiger partial charge in [-0.05, 0) is 23.8 Å². The topological polar surface area (TPSA) is 9.23 Å². The van der Waals surface area contributed by atoms with E-state index in [1.807, 2.05) is 72.8 Å². The molecule has 0 fully saturated rings. The van der Waals surface area contributed by atoms with Gasteiger partial charge >= 0.3 is 0 Å². The zero-order chi connectivity index (χ0) is 13.5. The molecule has 0 bridgehead atoms. The molecule has 0 unspecified atom stereocenters. The molecule has 96 valence electrons. The molecule has 0 atom stereocenters. The first-order valence-electron chi connectivity index (χ1n) is 6.03. The van der Waals surface area contributed by atoms with Crippen LogP contribution in [0, 0.1) is 0 Å². The van der Waals surface area contributed by atoms with Gasteiger partial charge in [0.15, 0.2) is 0 Å². The summed E-state index contributed by atoms with van der Waals surface area (Å²) in [5, 5.41) is 0.752. The lowest BCUT2D eigenvalue weighted by molar-refractivity contribution is 0.414. The number of halogens is 1. The highest BCUT2D eigenvalue weighted by atomic mass is 35.5. The Bertz CT molecular complexity index is 582. The van der Waals surface area contributed by atoms with E-state index in [1.165, 1.54) is 0 Å². The Hall–Kier alpha value is -1.99. The Morgan fingerprint density at radius 1 is 0.895 bits per heavy atom. The van der Waals surface area contributed by atoms with Crippen molar-refractivity contribution in [3.8, 4) is 5.75 Å². The number of rotatable bonds is 4. The number of benzene rings is 2. The van der Waals surface area contributed by atoms with E-state index in [0.29, 0.717) is 0 Å². The Morgan fingerprint density at radius 3 is 2.32 bits per heavy atom. The summed E-state index contributed by atoms with van der Waals surface area (Å²) in [5.41, 5.74) is 2.18. The molecule has 1 nitrogen and oxygen atoms in total. The van der Waals surface area contributed by atoms with E-state index >= 15 is 0 Å². The molecule has 2 aromatic rings. The standard InChI is InChI=1S/C17H15ClO/c1-19-17-9-5-4-8-15(17)7-3-2-6-14-10-12-16(18)13-11-14/h2-13H,1H3/b6-2+,7-3+. The third-order valence-electron chi connectivity index (χ3n) is 2.68. The fourth-order valence-corrected chi connectivity index (χ4v) is 1.83. The summed E-state index contributed by atoms with van der Waals surface area (Å²) < 4.78 is 5.28. The van der Waals surface area contributed by atoms with E-state index in [1.54, 1.807) is 7.11 Å². The summed E-state index contributed by atoms with van der Waals surface area (Å²) in [6.07, 6.45) is 8.04. The van der Waals surface area contributed by atoms with Gasteiger partial charge in [-0.15, -0.1) is 0 Å². The van der Waals surface area contributed by atoms with Gasteiger partial charge in [-0.1, -0.05) is 66.2 Å². The van der Waals surface area contributed by atoms with Crippen LogP contribution in [0.25, 0.3) is 12.2 Å². The molecular formula is C17H15ClO. The van der Waals surface area contributed by atoms with E-state index in [4.69, 9.17) is 16.3 Å². The van der Waals surface area contributed by atoms with Crippen molar-refractivity contribution < 1.29 is 4.74 Å². The van der Waals surface area contributed by atoms with Crippen molar-refractivity contribution in [3.05, 3.63) is 76.8 Å². The van der Waals surface area contributed by atoms with Gasteiger partial charge in [0.25, 0.3) is 0 Å². The van der Waals surface area contributed by atoms with Crippen LogP contribution in [0.5, 0.6) is 5.75 Å². The van der Waals surface area contributed by atoms with Crippen LogP contribution in [0.1, 0.15) is 11.1 Å². The summed E-state index contributed by atoms with van der Waals surface area (Å²) in [4.78, 5) is 0. The van der Waals surface area contributed by atoms with E-state index in [-0.39, 0.29) is 0 Å². The van der Waals surface area contributed by atoms with Crippen molar-refractivity contribution in [2.45, 2.75) is 0 Å². The Morgan fingerprint density at radius 2 is 1.58 bits per heavy atom. The molecular weight excluding hydrogens is 256 g/mol. The molecule has 0 saturated heterocycles. The number of para-hydroxylation sites is 1. The molecule has 2 heteroatoms. The average Bonchev–Trinajstić information content (AvgIpc) is 2.46. The summed E-state index contributed by atoms with van der Waals surface area (Å²) in [7, 11) is 1.68. The van der Waals surface area contributed by atoms with Gasteiger partial charge in [0.1, 0.15) is 5.75 Å². The molecule has 0 aliphatic heterocycles. The SMILES string of the molecule is COc1ccccc1/C=C/C=C/c1ccc(Cl)cc1. The maximum absolute atomic E-state index is 5.83. The summed E-state index contributed by atoms with van der Waals surface area (Å²) in [6, 6.07) is 15.6. The number of hydrogen-bond donors (Lipinski definition) is 0. The molecule has 0 aliphatic carbocycles. The largest absolute Gasteiger partial charge is 0.496 e. The highest BCUT2D eigenvalue weighted by Crippen LogP contribution is 2.18. The smallest absolute Gasteiger partial charge is 0.126 e. The van der Waals surface area contributed by atoms with Crippen molar-refractivity contribution in [2.75, 3.05) is 7.11 Å². The fraction of sp³-hybridized carbons (Fsp3) is 0.0588. The second-order valence-corrected chi connectivity index (χ2v) is 4.45. The molecule has 0 heterocycles. The van der Waals surface area contributed by atoms with Crippen LogP contribution in [0.2, 0.25) is 5.02 Å². The van der Waals surface area contributed by atoms with Gasteiger partial charge in [-0.25, -0.2) is 0 Å². The number of ether oxygens (including phenoxy) is 1. The Balaban J connectivity index is 2.05. The minimum atomic E-state index is 0.752. The summed E-state index contributed by atoms with van der Waals surface area (Å²) in [5.74, 6) is 0.874. The number of allylic oxidation sites excluding steroid dienone is 2. The first kappa shape index (κ1) is 13.4. The first-order chi connectivity index (χ1) is 9.29. The predicted octanol–water partition coefficient (Wildman–Crippen LogP) is 5.08. The van der Waals surface area contributed by atoms with Gasteiger partial charge in [0.2, 0.25) is 0 Å². The molecule has 0 spiro atoms. The van der Waals surface area contributed by atoms with Crippen LogP contribution in [-0.4, -0.2) is 7.11 Å². The summed E-state index contributed by atoms with van der Waals surface area (Å²) >= 11 is 5.83. The third kappa shape index (κ3) is 4.01. The van der Waals surface area contributed by atoms with Crippen molar-refractivity contribution in [1.82, 2.24) is 0 Å². The van der Waals surface area contributed by atoms with E-state index in [9.17, 15) is 0 Å². The van der Waals surface area contributed by atoms with Gasteiger partial charge in [-0.3, -0.25) is 0 Å². The third-order valence-corrected chi connectivity index (χ3v) is 2.94. The zero-order valence-electron chi connectivity index (χ0n) is 10.7. The van der Waals surface area contributed by atoms with Crippen molar-refractivity contribution >= 4 is 23.8 Å². The van der Waals surface area contributed by atoms with Crippen molar-refractivity contribution in [2.24, 2.45) is 0 Å². The highest BCUT2D eigenvalue weighted by Gasteiger charge is 1.95. The highest BCUT2D eigenvalue weighted by molar-refractivity contribution is 6.30. The maximum Gasteiger partial charge on any atom is 0.126 e. The molecule has 2 aromatic carbocycles. The van der Waals surface area contributed by atoms with E-state index in [2.05, 4.69) is 0 Å². The average molecular weight is 271 g/mol. The molecule has 0 aliphatic rings. The normalized spacial score (nSPS) is 11.3. The lowest BCUT2D eigenvalue weighted by atomic mass is 10.1. The quantitative estimate of drug-likeness (QED) is 0.705. The van der Waals surface area contributed by atoms with Crippen LogP contribution in [0.3, 0.4) is 0 Å². The van der Waals surface area contributed by atoms with Gasteiger partial charge in [0.05, 0.1) is 7.11 Å². The van der Waals surface area contributed by atoms with Crippen LogP contribution in [0.4, 0.5) is 0 Å². The monoisotopic (exact) mass is 270 g/mol. The maximum atomic E-state index is 5.83. The van der Waals surface area contributed by atoms with Crippen LogP contribution in [0.15, 0.2) is 60.7 Å². The van der Waals surface area contributed by atoms with E-state index in [0.717, 1.165) is 21.9 Å². The second-order valence-electron chi connectivity index (χ2n) is 4.01. The minimum Gasteiger partial charge on any atom is -0.496 e. The molecule has 0 saturated carbocycles. The van der Waals surface area contributed by atoms with Gasteiger partial charge in [0, 0.05) is 10.6 Å². The van der Waals surface area contributed by atoms with E-state index < -0.39 is 0 Å². The summed E-state index contributed by atoms with van der Waals surface area (Å²) in [6.45, 7) is 0. The molecule has 0 N–H and O–H groups in total. The van der Waals surface area contributed by atoms with Crippen LogP contribution in [-0.2, 0) is 0 Å². The molecule has 0 aromatic heterocycles. The Kier molecular flexibility index (Phi) is 4.82. The zero-order valence-corrected chi connectivity index (χ0v) is 11.5.